The van der Waals surface area contributed by atoms with Gasteiger partial charge in [-0.1, -0.05) is 19.3 Å². The number of hydrogen-bond donors (Lipinski definition) is 2. The quantitative estimate of drug-likeness (QED) is 0.811. The van der Waals surface area contributed by atoms with Crippen LogP contribution in [0.5, 0.6) is 0 Å². The summed E-state index contributed by atoms with van der Waals surface area (Å²) in [6.45, 7) is 0.438. The highest BCUT2D eigenvalue weighted by molar-refractivity contribution is 5.77. The molecule has 4 nitrogen and oxygen atoms in total. The van der Waals surface area contributed by atoms with Gasteiger partial charge in [-0.2, -0.15) is 13.2 Å². The Morgan fingerprint density at radius 2 is 1.78 bits per heavy atom. The van der Waals surface area contributed by atoms with Gasteiger partial charge in [-0.3, -0.25) is 9.69 Å². The van der Waals surface area contributed by atoms with E-state index in [0.717, 1.165) is 25.7 Å². The third-order valence-corrected chi connectivity index (χ3v) is 5.24. The number of nitrogens with two attached hydrogens (primary N) is 1. The van der Waals surface area contributed by atoms with Crippen molar-refractivity contribution in [2.45, 2.75) is 63.6 Å². The number of nitrogens with one attached hydrogen (secondary N) is 1. The van der Waals surface area contributed by atoms with E-state index >= 15 is 0 Å². The first kappa shape index (κ1) is 18.5. The van der Waals surface area contributed by atoms with E-state index in [4.69, 9.17) is 5.73 Å². The maximum absolute atomic E-state index is 12.4. The number of carbonyl (C=O) groups excluding carboxylic acids is 1. The number of halogens is 3. The number of amides is 1. The molecule has 1 aliphatic heterocycles. The maximum Gasteiger partial charge on any atom is 0.401 e. The predicted octanol–water partition coefficient (Wildman–Crippen LogP) is 2.43. The van der Waals surface area contributed by atoms with Crippen molar-refractivity contribution < 1.29 is 18.0 Å². The summed E-state index contributed by atoms with van der Waals surface area (Å²) >= 11 is 0. The van der Waals surface area contributed by atoms with E-state index in [1.807, 2.05) is 0 Å². The molecule has 0 aromatic rings. The van der Waals surface area contributed by atoms with Crippen LogP contribution in [0.2, 0.25) is 0 Å². The highest BCUT2D eigenvalue weighted by atomic mass is 19.4. The summed E-state index contributed by atoms with van der Waals surface area (Å²) in [6.07, 6.45) is 2.93. The number of rotatable bonds is 5. The van der Waals surface area contributed by atoms with E-state index in [9.17, 15) is 18.0 Å². The summed E-state index contributed by atoms with van der Waals surface area (Å²) in [4.78, 5) is 13.7. The molecule has 1 saturated carbocycles. The van der Waals surface area contributed by atoms with E-state index < -0.39 is 12.7 Å². The lowest BCUT2D eigenvalue weighted by Gasteiger charge is -2.37. The van der Waals surface area contributed by atoms with Crippen molar-refractivity contribution in [1.82, 2.24) is 10.2 Å². The summed E-state index contributed by atoms with van der Waals surface area (Å²) in [7, 11) is 0. The SMILES string of the molecule is NCC1(CC(=O)NC2CCN(CC(F)(F)F)CC2)CCCCC1. The molecule has 7 heteroatoms. The molecule has 0 aromatic carbocycles. The number of nitrogens with zero attached hydrogens (tertiary/aromatic N) is 1. The van der Waals surface area contributed by atoms with Gasteiger partial charge in [-0.25, -0.2) is 0 Å². The van der Waals surface area contributed by atoms with Crippen molar-refractivity contribution >= 4 is 5.91 Å². The second kappa shape index (κ2) is 7.83. The maximum atomic E-state index is 12.4. The summed E-state index contributed by atoms with van der Waals surface area (Å²) in [5.74, 6) is 0.00613. The molecule has 0 spiro atoms. The number of carbonyl (C=O) groups is 1. The van der Waals surface area contributed by atoms with Crippen LogP contribution in [0.4, 0.5) is 13.2 Å². The number of piperidine rings is 1. The van der Waals surface area contributed by atoms with Crippen LogP contribution < -0.4 is 11.1 Å². The molecule has 0 bridgehead atoms. The van der Waals surface area contributed by atoms with E-state index in [2.05, 4.69) is 5.32 Å². The Morgan fingerprint density at radius 3 is 2.30 bits per heavy atom. The van der Waals surface area contributed by atoms with Crippen molar-refractivity contribution in [3.05, 3.63) is 0 Å². The standard InChI is InChI=1S/C16H28F3N3O/c17-16(18,19)12-22-8-4-13(5-9-22)21-14(23)10-15(11-20)6-2-1-3-7-15/h13H,1-12,20H2,(H,21,23). The van der Waals surface area contributed by atoms with Gasteiger partial charge in [-0.15, -0.1) is 0 Å². The van der Waals surface area contributed by atoms with Crippen molar-refractivity contribution in [1.29, 1.82) is 0 Å². The third kappa shape index (κ3) is 5.95. The normalized spacial score (nSPS) is 23.7. The minimum Gasteiger partial charge on any atom is -0.353 e. The lowest BCUT2D eigenvalue weighted by molar-refractivity contribution is -0.148. The monoisotopic (exact) mass is 335 g/mol. The molecule has 0 atom stereocenters. The lowest BCUT2D eigenvalue weighted by atomic mass is 9.71. The van der Waals surface area contributed by atoms with Crippen LogP contribution >= 0.6 is 0 Å². The second-order valence-electron chi connectivity index (χ2n) is 7.17. The zero-order valence-corrected chi connectivity index (χ0v) is 13.6. The molecule has 0 radical (unpaired) electrons. The number of hydrogen-bond acceptors (Lipinski definition) is 3. The molecule has 3 N–H and O–H groups in total. The zero-order valence-electron chi connectivity index (χ0n) is 13.6. The van der Waals surface area contributed by atoms with Crippen LogP contribution in [0, 0.1) is 5.41 Å². The smallest absolute Gasteiger partial charge is 0.353 e. The van der Waals surface area contributed by atoms with E-state index in [1.54, 1.807) is 0 Å². The van der Waals surface area contributed by atoms with E-state index in [0.29, 0.717) is 38.9 Å². The Balaban J connectivity index is 1.74. The molecule has 1 saturated heterocycles. The van der Waals surface area contributed by atoms with Crippen LogP contribution in [0.1, 0.15) is 51.4 Å². The third-order valence-electron chi connectivity index (χ3n) is 5.24. The first-order chi connectivity index (χ1) is 10.8. The molecular formula is C16H28F3N3O. The first-order valence-electron chi connectivity index (χ1n) is 8.60. The fourth-order valence-corrected chi connectivity index (χ4v) is 3.86. The van der Waals surface area contributed by atoms with Crippen LogP contribution in [0.15, 0.2) is 0 Å². The minimum absolute atomic E-state index is 0.00613. The van der Waals surface area contributed by atoms with Crippen molar-refractivity contribution in [3.63, 3.8) is 0 Å². The van der Waals surface area contributed by atoms with Crippen molar-refractivity contribution in [3.8, 4) is 0 Å². The van der Waals surface area contributed by atoms with Gasteiger partial charge in [0.1, 0.15) is 0 Å². The Hall–Kier alpha value is -0.820. The predicted molar refractivity (Wildman–Crippen MR) is 82.8 cm³/mol. The molecule has 2 aliphatic rings. The van der Waals surface area contributed by atoms with E-state index in [1.165, 1.54) is 11.3 Å². The average Bonchev–Trinajstić information content (AvgIpc) is 2.48. The van der Waals surface area contributed by atoms with Gasteiger partial charge in [0.2, 0.25) is 5.91 Å². The Bertz CT molecular complexity index is 387. The molecule has 0 unspecified atom stereocenters. The molecule has 2 fully saturated rings. The highest BCUT2D eigenvalue weighted by Gasteiger charge is 2.35. The number of likely N-dealkylation sites (tertiary alicyclic amines) is 1. The molecule has 134 valence electrons. The molecule has 1 aliphatic carbocycles. The fourth-order valence-electron chi connectivity index (χ4n) is 3.86. The van der Waals surface area contributed by atoms with Gasteiger partial charge in [-0.05, 0) is 37.6 Å². The van der Waals surface area contributed by atoms with Gasteiger partial charge in [0, 0.05) is 25.6 Å². The number of alkyl halides is 3. The molecule has 1 amide bonds. The van der Waals surface area contributed by atoms with Crippen molar-refractivity contribution in [2.75, 3.05) is 26.2 Å². The van der Waals surface area contributed by atoms with Gasteiger partial charge in [0.15, 0.2) is 0 Å². The Kier molecular flexibility index (Phi) is 6.31. The largest absolute Gasteiger partial charge is 0.401 e. The Morgan fingerprint density at radius 1 is 1.17 bits per heavy atom. The summed E-state index contributed by atoms with van der Waals surface area (Å²) in [6, 6.07) is -0.00889. The van der Waals surface area contributed by atoms with Crippen LogP contribution in [-0.2, 0) is 4.79 Å². The van der Waals surface area contributed by atoms with Gasteiger partial charge in [0.05, 0.1) is 6.54 Å². The minimum atomic E-state index is -4.15. The molecule has 23 heavy (non-hydrogen) atoms. The second-order valence-corrected chi connectivity index (χ2v) is 7.17. The fraction of sp³-hybridized carbons (Fsp3) is 0.938. The zero-order chi connectivity index (χ0) is 16.9. The van der Waals surface area contributed by atoms with Gasteiger partial charge in [0.25, 0.3) is 0 Å². The summed E-state index contributed by atoms with van der Waals surface area (Å²) < 4.78 is 37.1. The Labute approximate surface area is 136 Å². The lowest BCUT2D eigenvalue weighted by Crippen LogP contribution is -2.48. The molecule has 2 rings (SSSR count). The van der Waals surface area contributed by atoms with Crippen molar-refractivity contribution in [2.24, 2.45) is 11.1 Å². The highest BCUT2D eigenvalue weighted by Crippen LogP contribution is 2.38. The van der Waals surface area contributed by atoms with Crippen LogP contribution in [0.25, 0.3) is 0 Å². The van der Waals surface area contributed by atoms with Crippen LogP contribution in [0.3, 0.4) is 0 Å². The molecular weight excluding hydrogens is 307 g/mol. The summed E-state index contributed by atoms with van der Waals surface area (Å²) in [5.41, 5.74) is 5.83. The molecule has 0 aromatic heterocycles. The van der Waals surface area contributed by atoms with Gasteiger partial charge < -0.3 is 11.1 Å². The van der Waals surface area contributed by atoms with Crippen LogP contribution in [-0.4, -0.2) is 49.2 Å². The van der Waals surface area contributed by atoms with E-state index in [-0.39, 0.29) is 17.4 Å². The summed E-state index contributed by atoms with van der Waals surface area (Å²) in [5, 5.41) is 3.01. The molecule has 1 heterocycles. The first-order valence-corrected chi connectivity index (χ1v) is 8.60. The van der Waals surface area contributed by atoms with Gasteiger partial charge >= 0.3 is 6.18 Å². The topological polar surface area (TPSA) is 58.4 Å². The average molecular weight is 335 g/mol.